The van der Waals surface area contributed by atoms with Gasteiger partial charge in [-0.3, -0.25) is 4.79 Å². The van der Waals surface area contributed by atoms with E-state index < -0.39 is 5.97 Å². The molecule has 118 valence electrons. The average Bonchev–Trinajstić information content (AvgIpc) is 2.82. The van der Waals surface area contributed by atoms with Crippen LogP contribution in [-0.2, 0) is 14.3 Å². The van der Waals surface area contributed by atoms with Crippen LogP contribution in [-0.4, -0.2) is 42.7 Å². The molecule has 0 aromatic carbocycles. The van der Waals surface area contributed by atoms with Crippen molar-refractivity contribution in [3.63, 3.8) is 0 Å². The number of esters is 2. The molecule has 2 aromatic heterocycles. The standard InChI is InChI=1S/C14H17N3O4S/c1-7-10-12(15-6-5-9(18)20-3)16-8(2)17-13(10)22-11(7)14(19)21-4/h5-6H2,1-4H3,(H,15,16,17). The molecule has 2 aromatic rings. The molecule has 0 radical (unpaired) electrons. The van der Waals surface area contributed by atoms with Crippen LogP contribution in [0.1, 0.15) is 27.5 Å². The zero-order chi connectivity index (χ0) is 16.3. The van der Waals surface area contributed by atoms with Crippen LogP contribution in [0.25, 0.3) is 10.2 Å². The van der Waals surface area contributed by atoms with Gasteiger partial charge in [0.05, 0.1) is 26.0 Å². The molecule has 0 aliphatic rings. The molecule has 0 fully saturated rings. The summed E-state index contributed by atoms with van der Waals surface area (Å²) in [5.74, 6) is 0.506. The number of ether oxygens (including phenoxy) is 2. The van der Waals surface area contributed by atoms with Gasteiger partial charge >= 0.3 is 11.9 Å². The SMILES string of the molecule is COC(=O)CCNc1nc(C)nc2sc(C(=O)OC)c(C)c12. The zero-order valence-corrected chi connectivity index (χ0v) is 13.7. The minimum Gasteiger partial charge on any atom is -0.469 e. The molecule has 2 heterocycles. The van der Waals surface area contributed by atoms with Crippen LogP contribution in [0.3, 0.4) is 0 Å². The Balaban J connectivity index is 2.38. The fourth-order valence-electron chi connectivity index (χ4n) is 2.05. The molecule has 0 unspecified atom stereocenters. The molecule has 7 nitrogen and oxygen atoms in total. The van der Waals surface area contributed by atoms with E-state index in [4.69, 9.17) is 4.74 Å². The molecule has 22 heavy (non-hydrogen) atoms. The van der Waals surface area contributed by atoms with Crippen molar-refractivity contribution in [1.82, 2.24) is 9.97 Å². The minimum atomic E-state index is -0.390. The van der Waals surface area contributed by atoms with Crippen LogP contribution < -0.4 is 5.32 Å². The second-order valence-corrected chi connectivity index (χ2v) is 5.60. The quantitative estimate of drug-likeness (QED) is 0.842. The van der Waals surface area contributed by atoms with E-state index in [1.807, 2.05) is 6.92 Å². The maximum Gasteiger partial charge on any atom is 0.348 e. The number of carbonyl (C=O) groups excluding carboxylic acids is 2. The summed E-state index contributed by atoms with van der Waals surface area (Å²) in [6, 6.07) is 0. The lowest BCUT2D eigenvalue weighted by Crippen LogP contribution is -2.11. The molecule has 0 saturated heterocycles. The Hall–Kier alpha value is -2.22. The van der Waals surface area contributed by atoms with Gasteiger partial charge in [0.1, 0.15) is 21.3 Å². The molecule has 0 bridgehead atoms. The Labute approximate surface area is 131 Å². The molecule has 0 aliphatic carbocycles. The van der Waals surface area contributed by atoms with Gasteiger partial charge < -0.3 is 14.8 Å². The Kier molecular flexibility index (Phi) is 4.92. The van der Waals surface area contributed by atoms with Crippen molar-refractivity contribution in [2.75, 3.05) is 26.1 Å². The molecule has 8 heteroatoms. The van der Waals surface area contributed by atoms with Crippen molar-refractivity contribution < 1.29 is 19.1 Å². The lowest BCUT2D eigenvalue weighted by molar-refractivity contribution is -0.140. The predicted molar refractivity (Wildman–Crippen MR) is 83.4 cm³/mol. The molecular formula is C14H17N3O4S. The highest BCUT2D eigenvalue weighted by Gasteiger charge is 2.20. The summed E-state index contributed by atoms with van der Waals surface area (Å²) in [6.07, 6.45) is 0.230. The van der Waals surface area contributed by atoms with E-state index in [9.17, 15) is 9.59 Å². The highest BCUT2D eigenvalue weighted by molar-refractivity contribution is 7.20. The van der Waals surface area contributed by atoms with Gasteiger partial charge in [-0.25, -0.2) is 14.8 Å². The second-order valence-electron chi connectivity index (χ2n) is 4.60. The summed E-state index contributed by atoms with van der Waals surface area (Å²) in [5, 5.41) is 3.89. The molecule has 0 saturated carbocycles. The fourth-order valence-corrected chi connectivity index (χ4v) is 3.19. The first-order valence-corrected chi connectivity index (χ1v) is 7.46. The van der Waals surface area contributed by atoms with Gasteiger partial charge in [0.25, 0.3) is 0 Å². The van der Waals surface area contributed by atoms with Gasteiger partial charge in [-0.1, -0.05) is 0 Å². The average molecular weight is 323 g/mol. The Morgan fingerprint density at radius 3 is 2.55 bits per heavy atom. The van der Waals surface area contributed by atoms with E-state index in [2.05, 4.69) is 20.0 Å². The molecule has 0 amide bonds. The number of aryl methyl sites for hydroxylation is 2. The number of aromatic nitrogens is 2. The first-order chi connectivity index (χ1) is 10.5. The minimum absolute atomic E-state index is 0.230. The summed E-state index contributed by atoms with van der Waals surface area (Å²) >= 11 is 1.27. The maximum atomic E-state index is 11.8. The zero-order valence-electron chi connectivity index (χ0n) is 12.8. The van der Waals surface area contributed by atoms with Gasteiger partial charge in [0.15, 0.2) is 0 Å². The van der Waals surface area contributed by atoms with Gasteiger partial charge in [-0.05, 0) is 19.4 Å². The number of anilines is 1. The molecule has 0 atom stereocenters. The second kappa shape index (κ2) is 6.69. The van der Waals surface area contributed by atoms with Gasteiger partial charge in [-0.15, -0.1) is 11.3 Å². The van der Waals surface area contributed by atoms with E-state index in [0.717, 1.165) is 10.9 Å². The largest absolute Gasteiger partial charge is 0.469 e. The van der Waals surface area contributed by atoms with Gasteiger partial charge in [0, 0.05) is 6.54 Å². The van der Waals surface area contributed by atoms with Crippen LogP contribution >= 0.6 is 11.3 Å². The number of rotatable bonds is 5. The number of methoxy groups -OCH3 is 2. The topological polar surface area (TPSA) is 90.4 Å². The van der Waals surface area contributed by atoms with Crippen molar-refractivity contribution in [1.29, 1.82) is 0 Å². The fraction of sp³-hybridized carbons (Fsp3) is 0.429. The van der Waals surface area contributed by atoms with Crippen LogP contribution in [0, 0.1) is 13.8 Å². The lowest BCUT2D eigenvalue weighted by Gasteiger charge is -2.07. The van der Waals surface area contributed by atoms with E-state index in [1.165, 1.54) is 25.6 Å². The number of fused-ring (bicyclic) bond motifs is 1. The molecule has 0 spiro atoms. The van der Waals surface area contributed by atoms with E-state index in [0.29, 0.717) is 27.9 Å². The number of hydrogen-bond donors (Lipinski definition) is 1. The first-order valence-electron chi connectivity index (χ1n) is 6.64. The Morgan fingerprint density at radius 1 is 1.18 bits per heavy atom. The summed E-state index contributed by atoms with van der Waals surface area (Å²) in [7, 11) is 2.69. The van der Waals surface area contributed by atoms with Crippen LogP contribution in [0.15, 0.2) is 0 Å². The monoisotopic (exact) mass is 323 g/mol. The normalized spacial score (nSPS) is 10.5. The predicted octanol–water partition coefficient (Wildman–Crippen LogP) is 2.07. The van der Waals surface area contributed by atoms with E-state index >= 15 is 0 Å². The molecule has 2 rings (SSSR count). The third-order valence-corrected chi connectivity index (χ3v) is 4.29. The number of thiophene rings is 1. The molecular weight excluding hydrogens is 306 g/mol. The number of nitrogens with zero attached hydrogens (tertiary/aromatic N) is 2. The summed E-state index contributed by atoms with van der Waals surface area (Å²) in [4.78, 5) is 32.9. The highest BCUT2D eigenvalue weighted by atomic mass is 32.1. The third-order valence-electron chi connectivity index (χ3n) is 3.12. The van der Waals surface area contributed by atoms with Crippen molar-refractivity contribution in [2.45, 2.75) is 20.3 Å². The first kappa shape index (κ1) is 16.2. The van der Waals surface area contributed by atoms with Crippen LogP contribution in [0.2, 0.25) is 0 Å². The van der Waals surface area contributed by atoms with Crippen molar-refractivity contribution in [3.8, 4) is 0 Å². The molecule has 0 aliphatic heterocycles. The molecule has 1 N–H and O–H groups in total. The third kappa shape index (κ3) is 3.16. The van der Waals surface area contributed by atoms with Crippen LogP contribution in [0.4, 0.5) is 5.82 Å². The smallest absolute Gasteiger partial charge is 0.348 e. The summed E-state index contributed by atoms with van der Waals surface area (Å²) in [6.45, 7) is 3.99. The lowest BCUT2D eigenvalue weighted by atomic mass is 10.2. The van der Waals surface area contributed by atoms with Crippen molar-refractivity contribution >= 4 is 39.3 Å². The van der Waals surface area contributed by atoms with Crippen molar-refractivity contribution in [3.05, 3.63) is 16.3 Å². The highest BCUT2D eigenvalue weighted by Crippen LogP contribution is 2.34. The van der Waals surface area contributed by atoms with Crippen molar-refractivity contribution in [2.24, 2.45) is 0 Å². The van der Waals surface area contributed by atoms with E-state index in [1.54, 1.807) is 6.92 Å². The number of carbonyl (C=O) groups is 2. The Bertz CT molecular complexity index is 726. The van der Waals surface area contributed by atoms with E-state index in [-0.39, 0.29) is 12.4 Å². The maximum absolute atomic E-state index is 11.8. The number of hydrogen-bond acceptors (Lipinski definition) is 8. The van der Waals surface area contributed by atoms with Gasteiger partial charge in [-0.2, -0.15) is 0 Å². The summed E-state index contributed by atoms with van der Waals surface area (Å²) in [5.41, 5.74) is 0.771. The Morgan fingerprint density at radius 2 is 1.91 bits per heavy atom. The summed E-state index contributed by atoms with van der Waals surface area (Å²) < 4.78 is 9.39. The van der Waals surface area contributed by atoms with Crippen LogP contribution in [0.5, 0.6) is 0 Å². The van der Waals surface area contributed by atoms with Gasteiger partial charge in [0.2, 0.25) is 0 Å². The number of nitrogens with one attached hydrogen (secondary N) is 1.